The van der Waals surface area contributed by atoms with E-state index in [1.807, 2.05) is 71.0 Å². The second-order valence-electron chi connectivity index (χ2n) is 7.38. The fourth-order valence-corrected chi connectivity index (χ4v) is 3.27. The number of nitrogens with zero attached hydrogens (tertiary/aromatic N) is 1. The second kappa shape index (κ2) is 6.03. The number of hydrogen-bond acceptors (Lipinski definition) is 2. The molecule has 0 radical (unpaired) electrons. The van der Waals surface area contributed by atoms with Crippen molar-refractivity contribution in [2.75, 3.05) is 16.8 Å². The lowest BCUT2D eigenvalue weighted by atomic mass is 9.85. The van der Waals surface area contributed by atoms with Crippen molar-refractivity contribution in [2.24, 2.45) is 0 Å². The summed E-state index contributed by atoms with van der Waals surface area (Å²) in [6, 6.07) is 11.7. The van der Waals surface area contributed by atoms with Crippen molar-refractivity contribution in [3.8, 4) is 0 Å². The van der Waals surface area contributed by atoms with E-state index < -0.39 is 5.41 Å². The standard InChI is InChI=1S/C21H24N2O2/c1-13-6-9-18-17(10-13)21(4,5)20(25)23(18)12-19(24)22-16-8-7-14(2)15(3)11-16/h6-11H,12H2,1-5H3,(H,22,24). The third-order valence-electron chi connectivity index (χ3n) is 4.99. The number of carbonyl (C=O) groups excluding carboxylic acids is 2. The summed E-state index contributed by atoms with van der Waals surface area (Å²) in [7, 11) is 0. The highest BCUT2D eigenvalue weighted by Crippen LogP contribution is 2.41. The van der Waals surface area contributed by atoms with Gasteiger partial charge >= 0.3 is 0 Å². The van der Waals surface area contributed by atoms with Gasteiger partial charge in [0.25, 0.3) is 0 Å². The molecule has 4 nitrogen and oxygen atoms in total. The molecule has 0 unspecified atom stereocenters. The molecular weight excluding hydrogens is 312 g/mol. The molecule has 0 saturated carbocycles. The zero-order valence-electron chi connectivity index (χ0n) is 15.4. The first kappa shape index (κ1) is 17.2. The predicted octanol–water partition coefficient (Wildman–Crippen LogP) is 3.87. The normalized spacial score (nSPS) is 15.2. The van der Waals surface area contributed by atoms with Crippen LogP contribution in [0.5, 0.6) is 0 Å². The molecule has 2 aromatic carbocycles. The van der Waals surface area contributed by atoms with E-state index in [2.05, 4.69) is 5.32 Å². The molecule has 2 aromatic rings. The lowest BCUT2D eigenvalue weighted by Gasteiger charge is -2.20. The van der Waals surface area contributed by atoms with Gasteiger partial charge in [-0.25, -0.2) is 0 Å². The summed E-state index contributed by atoms with van der Waals surface area (Å²) >= 11 is 0. The molecule has 1 N–H and O–H groups in total. The van der Waals surface area contributed by atoms with Crippen LogP contribution >= 0.6 is 0 Å². The number of benzene rings is 2. The molecule has 0 fully saturated rings. The molecule has 4 heteroatoms. The van der Waals surface area contributed by atoms with Crippen LogP contribution in [0.2, 0.25) is 0 Å². The lowest BCUT2D eigenvalue weighted by molar-refractivity contribution is -0.124. The van der Waals surface area contributed by atoms with Gasteiger partial charge in [0.15, 0.2) is 0 Å². The van der Waals surface area contributed by atoms with Crippen molar-refractivity contribution in [1.29, 1.82) is 0 Å². The van der Waals surface area contributed by atoms with E-state index in [1.54, 1.807) is 4.90 Å². The third-order valence-corrected chi connectivity index (χ3v) is 4.99. The van der Waals surface area contributed by atoms with E-state index in [0.717, 1.165) is 28.1 Å². The zero-order chi connectivity index (χ0) is 18.4. The fraction of sp³-hybridized carbons (Fsp3) is 0.333. The summed E-state index contributed by atoms with van der Waals surface area (Å²) in [5, 5.41) is 2.89. The molecule has 0 bridgehead atoms. The number of amides is 2. The van der Waals surface area contributed by atoms with Crippen LogP contribution in [0.15, 0.2) is 36.4 Å². The largest absolute Gasteiger partial charge is 0.325 e. The van der Waals surface area contributed by atoms with Gasteiger partial charge in [-0.1, -0.05) is 23.8 Å². The zero-order valence-corrected chi connectivity index (χ0v) is 15.4. The molecule has 0 atom stereocenters. The van der Waals surface area contributed by atoms with Gasteiger partial charge < -0.3 is 10.2 Å². The summed E-state index contributed by atoms with van der Waals surface area (Å²) in [4.78, 5) is 26.9. The maximum absolute atomic E-state index is 12.8. The molecule has 25 heavy (non-hydrogen) atoms. The molecule has 0 aliphatic carbocycles. The molecule has 0 spiro atoms. The molecule has 2 amide bonds. The third kappa shape index (κ3) is 3.04. The average Bonchev–Trinajstić information content (AvgIpc) is 2.72. The maximum Gasteiger partial charge on any atom is 0.244 e. The van der Waals surface area contributed by atoms with Gasteiger partial charge in [0.2, 0.25) is 11.8 Å². The highest BCUT2D eigenvalue weighted by atomic mass is 16.2. The quantitative estimate of drug-likeness (QED) is 0.925. The molecule has 0 saturated heterocycles. The van der Waals surface area contributed by atoms with Gasteiger partial charge in [-0.2, -0.15) is 0 Å². The fourth-order valence-electron chi connectivity index (χ4n) is 3.27. The Hall–Kier alpha value is -2.62. The van der Waals surface area contributed by atoms with Crippen LogP contribution in [0.25, 0.3) is 0 Å². The van der Waals surface area contributed by atoms with Gasteiger partial charge in [-0.05, 0) is 69.5 Å². The molecule has 130 valence electrons. The minimum Gasteiger partial charge on any atom is -0.325 e. The Kier molecular flexibility index (Phi) is 4.15. The van der Waals surface area contributed by atoms with Gasteiger partial charge in [0, 0.05) is 11.4 Å². The van der Waals surface area contributed by atoms with Gasteiger partial charge in [0.05, 0.1) is 5.41 Å². The highest BCUT2D eigenvalue weighted by molar-refractivity contribution is 6.11. The van der Waals surface area contributed by atoms with Crippen LogP contribution in [0.1, 0.15) is 36.1 Å². The van der Waals surface area contributed by atoms with E-state index in [1.165, 1.54) is 5.56 Å². The molecule has 3 rings (SSSR count). The van der Waals surface area contributed by atoms with Crippen molar-refractivity contribution in [1.82, 2.24) is 0 Å². The first-order chi connectivity index (χ1) is 11.7. The summed E-state index contributed by atoms with van der Waals surface area (Å²) in [6.45, 7) is 9.89. The maximum atomic E-state index is 12.8. The topological polar surface area (TPSA) is 49.4 Å². The molecule has 0 aromatic heterocycles. The van der Waals surface area contributed by atoms with Crippen LogP contribution in [0.4, 0.5) is 11.4 Å². The number of anilines is 2. The van der Waals surface area contributed by atoms with Gasteiger partial charge in [-0.3, -0.25) is 9.59 Å². The van der Waals surface area contributed by atoms with Gasteiger partial charge in [0.1, 0.15) is 6.54 Å². The predicted molar refractivity (Wildman–Crippen MR) is 101 cm³/mol. The number of carbonyl (C=O) groups is 2. The summed E-state index contributed by atoms with van der Waals surface area (Å²) in [5.74, 6) is -0.232. The number of aryl methyl sites for hydroxylation is 3. The Morgan fingerprint density at radius 2 is 1.76 bits per heavy atom. The van der Waals surface area contributed by atoms with Crippen molar-refractivity contribution in [3.63, 3.8) is 0 Å². The Morgan fingerprint density at radius 1 is 1.04 bits per heavy atom. The van der Waals surface area contributed by atoms with E-state index >= 15 is 0 Å². The minimum absolute atomic E-state index is 0.0191. The Balaban J connectivity index is 1.82. The summed E-state index contributed by atoms with van der Waals surface area (Å²) in [5.41, 5.74) is 5.37. The van der Waals surface area contributed by atoms with Crippen molar-refractivity contribution >= 4 is 23.2 Å². The number of rotatable bonds is 3. The Morgan fingerprint density at radius 3 is 2.44 bits per heavy atom. The summed E-state index contributed by atoms with van der Waals surface area (Å²) < 4.78 is 0. The first-order valence-electron chi connectivity index (χ1n) is 8.50. The SMILES string of the molecule is Cc1ccc2c(c1)C(C)(C)C(=O)N2CC(=O)Nc1ccc(C)c(C)c1. The van der Waals surface area contributed by atoms with Crippen molar-refractivity contribution < 1.29 is 9.59 Å². The molecular formula is C21H24N2O2. The van der Waals surface area contributed by atoms with Crippen LogP contribution in [-0.2, 0) is 15.0 Å². The second-order valence-corrected chi connectivity index (χ2v) is 7.38. The number of hydrogen-bond donors (Lipinski definition) is 1. The average molecular weight is 336 g/mol. The van der Waals surface area contributed by atoms with Crippen LogP contribution in [0, 0.1) is 20.8 Å². The van der Waals surface area contributed by atoms with E-state index in [0.29, 0.717) is 0 Å². The molecule has 1 aliphatic rings. The lowest BCUT2D eigenvalue weighted by Crippen LogP contribution is -2.40. The minimum atomic E-state index is -0.609. The van der Waals surface area contributed by atoms with E-state index in [9.17, 15) is 9.59 Å². The monoisotopic (exact) mass is 336 g/mol. The number of nitrogens with one attached hydrogen (secondary N) is 1. The summed E-state index contributed by atoms with van der Waals surface area (Å²) in [6.07, 6.45) is 0. The van der Waals surface area contributed by atoms with E-state index in [-0.39, 0.29) is 18.4 Å². The van der Waals surface area contributed by atoms with Crippen LogP contribution in [0.3, 0.4) is 0 Å². The highest BCUT2D eigenvalue weighted by Gasteiger charge is 2.44. The van der Waals surface area contributed by atoms with Crippen molar-refractivity contribution in [2.45, 2.75) is 40.0 Å². The van der Waals surface area contributed by atoms with E-state index in [4.69, 9.17) is 0 Å². The number of fused-ring (bicyclic) bond motifs is 1. The van der Waals surface area contributed by atoms with Gasteiger partial charge in [-0.15, -0.1) is 0 Å². The molecule has 1 aliphatic heterocycles. The first-order valence-corrected chi connectivity index (χ1v) is 8.50. The molecule has 1 heterocycles. The Labute approximate surface area is 148 Å². The van der Waals surface area contributed by atoms with Crippen molar-refractivity contribution in [3.05, 3.63) is 58.7 Å². The van der Waals surface area contributed by atoms with Crippen LogP contribution in [-0.4, -0.2) is 18.4 Å². The van der Waals surface area contributed by atoms with Crippen LogP contribution < -0.4 is 10.2 Å². The Bertz CT molecular complexity index is 868. The smallest absolute Gasteiger partial charge is 0.244 e.